The maximum atomic E-state index is 12.6. The lowest BCUT2D eigenvalue weighted by atomic mass is 10.1. The van der Waals surface area contributed by atoms with Gasteiger partial charge in [-0.2, -0.15) is 0 Å². The average Bonchev–Trinajstić information content (AvgIpc) is 3.04. The molecule has 5 nitrogen and oxygen atoms in total. The van der Waals surface area contributed by atoms with Gasteiger partial charge in [-0.05, 0) is 18.9 Å². The summed E-state index contributed by atoms with van der Waals surface area (Å²) in [5.74, 6) is -0.223. The number of nitrogens with zero attached hydrogens (tertiary/aromatic N) is 2. The van der Waals surface area contributed by atoms with Gasteiger partial charge in [0.15, 0.2) is 5.84 Å². The third-order valence-corrected chi connectivity index (χ3v) is 4.86. The Kier molecular flexibility index (Phi) is 5.12. The Morgan fingerprint density at radius 1 is 1.50 bits per heavy atom. The number of hydrogen-bond donors (Lipinski definition) is 2. The Labute approximate surface area is 130 Å². The van der Waals surface area contributed by atoms with Gasteiger partial charge in [-0.25, -0.2) is 0 Å². The van der Waals surface area contributed by atoms with Gasteiger partial charge in [0.1, 0.15) is 4.34 Å². The second-order valence-corrected chi connectivity index (χ2v) is 6.99. The van der Waals surface area contributed by atoms with Crippen LogP contribution in [0.1, 0.15) is 36.0 Å². The van der Waals surface area contributed by atoms with E-state index in [1.54, 1.807) is 11.0 Å². The molecule has 0 atom stereocenters. The highest BCUT2D eigenvalue weighted by atomic mass is 35.5. The van der Waals surface area contributed by atoms with E-state index in [2.05, 4.69) is 5.16 Å². The zero-order valence-electron chi connectivity index (χ0n) is 10.7. The number of thiophene rings is 1. The summed E-state index contributed by atoms with van der Waals surface area (Å²) in [5, 5.41) is 11.7. The van der Waals surface area contributed by atoms with Crippen LogP contribution in [0.15, 0.2) is 11.2 Å². The largest absolute Gasteiger partial charge is 0.409 e. The molecule has 1 amide bonds. The van der Waals surface area contributed by atoms with Crippen LogP contribution < -0.4 is 5.73 Å². The molecule has 1 fully saturated rings. The van der Waals surface area contributed by atoms with E-state index in [-0.39, 0.29) is 24.3 Å². The van der Waals surface area contributed by atoms with Gasteiger partial charge >= 0.3 is 0 Å². The van der Waals surface area contributed by atoms with Crippen LogP contribution in [0, 0.1) is 0 Å². The fraction of sp³-hybridized carbons (Fsp3) is 0.500. The molecule has 1 aromatic heterocycles. The molecule has 1 heterocycles. The summed E-state index contributed by atoms with van der Waals surface area (Å²) in [4.78, 5) is 14.2. The number of rotatable bonds is 4. The van der Waals surface area contributed by atoms with E-state index in [1.807, 2.05) is 0 Å². The molecule has 0 spiro atoms. The summed E-state index contributed by atoms with van der Waals surface area (Å²) in [7, 11) is 0. The van der Waals surface area contributed by atoms with Crippen LogP contribution in [0.5, 0.6) is 0 Å². The highest BCUT2D eigenvalue weighted by Crippen LogP contribution is 2.33. The van der Waals surface area contributed by atoms with Crippen molar-refractivity contribution in [1.29, 1.82) is 0 Å². The molecule has 0 aliphatic heterocycles. The van der Waals surface area contributed by atoms with Crippen molar-refractivity contribution in [2.24, 2.45) is 10.9 Å². The van der Waals surface area contributed by atoms with E-state index in [1.165, 1.54) is 0 Å². The maximum Gasteiger partial charge on any atom is 0.256 e. The predicted octanol–water partition coefficient (Wildman–Crippen LogP) is 3.19. The van der Waals surface area contributed by atoms with E-state index in [9.17, 15) is 4.79 Å². The lowest BCUT2D eigenvalue weighted by Crippen LogP contribution is -2.44. The first-order valence-corrected chi connectivity index (χ1v) is 7.82. The van der Waals surface area contributed by atoms with Crippen LogP contribution in [-0.4, -0.2) is 34.4 Å². The molecule has 3 N–H and O–H groups in total. The fourth-order valence-electron chi connectivity index (χ4n) is 2.43. The quantitative estimate of drug-likeness (QED) is 0.384. The second kappa shape index (κ2) is 6.65. The van der Waals surface area contributed by atoms with Crippen LogP contribution in [0.25, 0.3) is 0 Å². The summed E-state index contributed by atoms with van der Waals surface area (Å²) in [6, 6.07) is 1.66. The number of carbonyl (C=O) groups is 1. The number of halogens is 2. The van der Waals surface area contributed by atoms with Crippen molar-refractivity contribution < 1.29 is 10.0 Å². The van der Waals surface area contributed by atoms with Crippen LogP contribution in [-0.2, 0) is 0 Å². The lowest BCUT2D eigenvalue weighted by molar-refractivity contribution is 0.0713. The molecule has 0 saturated heterocycles. The number of hydrogen-bond acceptors (Lipinski definition) is 4. The smallest absolute Gasteiger partial charge is 0.256 e. The summed E-state index contributed by atoms with van der Waals surface area (Å²) in [6.45, 7) is 0.0871. The first-order valence-electron chi connectivity index (χ1n) is 6.25. The molecule has 0 bridgehead atoms. The minimum absolute atomic E-state index is 0.00250. The molecule has 8 heteroatoms. The summed E-state index contributed by atoms with van der Waals surface area (Å²) < 4.78 is 0.830. The molecule has 1 aliphatic carbocycles. The SMILES string of the molecule is N/C(CN(C(=O)c1cc(Cl)sc1Cl)C1CCCC1)=N/O. The highest BCUT2D eigenvalue weighted by Gasteiger charge is 2.30. The van der Waals surface area contributed by atoms with Crippen LogP contribution in [0.3, 0.4) is 0 Å². The molecule has 110 valence electrons. The van der Waals surface area contributed by atoms with Crippen molar-refractivity contribution in [2.75, 3.05) is 6.54 Å². The van der Waals surface area contributed by atoms with Gasteiger partial charge in [-0.3, -0.25) is 4.79 Å². The van der Waals surface area contributed by atoms with Crippen molar-refractivity contribution in [2.45, 2.75) is 31.7 Å². The van der Waals surface area contributed by atoms with Crippen molar-refractivity contribution in [3.8, 4) is 0 Å². The van der Waals surface area contributed by atoms with E-state index >= 15 is 0 Å². The van der Waals surface area contributed by atoms with Gasteiger partial charge in [0.25, 0.3) is 5.91 Å². The molecule has 1 aliphatic rings. The molecule has 1 saturated carbocycles. The standard InChI is InChI=1S/C12H15Cl2N3O2S/c13-9-5-8(11(14)20-9)12(18)17(6-10(15)16-19)7-3-1-2-4-7/h5,7,19H,1-4,6H2,(H2,15,16). The molecule has 0 radical (unpaired) electrons. The number of carbonyl (C=O) groups excluding carboxylic acids is 1. The number of nitrogens with two attached hydrogens (primary N) is 1. The molecule has 1 aromatic rings. The Morgan fingerprint density at radius 2 is 2.15 bits per heavy atom. The minimum Gasteiger partial charge on any atom is -0.409 e. The molecule has 0 unspecified atom stereocenters. The molecule has 2 rings (SSSR count). The third kappa shape index (κ3) is 3.37. The Balaban J connectivity index is 2.25. The summed E-state index contributed by atoms with van der Waals surface area (Å²) in [5.41, 5.74) is 5.92. The van der Waals surface area contributed by atoms with Gasteiger partial charge < -0.3 is 15.8 Å². The maximum absolute atomic E-state index is 12.6. The minimum atomic E-state index is -0.225. The van der Waals surface area contributed by atoms with Gasteiger partial charge in [0, 0.05) is 6.04 Å². The van der Waals surface area contributed by atoms with E-state index < -0.39 is 0 Å². The van der Waals surface area contributed by atoms with Crippen LogP contribution in [0.4, 0.5) is 0 Å². The summed E-state index contributed by atoms with van der Waals surface area (Å²) in [6.07, 6.45) is 3.98. The molecular weight excluding hydrogens is 321 g/mol. The zero-order chi connectivity index (χ0) is 14.7. The van der Waals surface area contributed by atoms with Gasteiger partial charge in [-0.1, -0.05) is 41.2 Å². The molecular formula is C12H15Cl2N3O2S. The van der Waals surface area contributed by atoms with Crippen LogP contribution in [0.2, 0.25) is 8.67 Å². The Morgan fingerprint density at radius 3 is 2.65 bits per heavy atom. The number of oxime groups is 1. The van der Waals surface area contributed by atoms with Gasteiger partial charge in [0.05, 0.1) is 16.4 Å². The number of amides is 1. The van der Waals surface area contributed by atoms with Crippen molar-refractivity contribution in [3.05, 3.63) is 20.3 Å². The van der Waals surface area contributed by atoms with Crippen molar-refractivity contribution >= 4 is 46.3 Å². The highest BCUT2D eigenvalue weighted by molar-refractivity contribution is 7.20. The topological polar surface area (TPSA) is 78.9 Å². The van der Waals surface area contributed by atoms with E-state index in [0.717, 1.165) is 37.0 Å². The van der Waals surface area contributed by atoms with Crippen molar-refractivity contribution in [3.63, 3.8) is 0 Å². The first kappa shape index (κ1) is 15.4. The first-order chi connectivity index (χ1) is 9.52. The zero-order valence-corrected chi connectivity index (χ0v) is 13.0. The van der Waals surface area contributed by atoms with Crippen LogP contribution >= 0.6 is 34.5 Å². The number of amidine groups is 1. The summed E-state index contributed by atoms with van der Waals surface area (Å²) >= 11 is 13.1. The fourth-order valence-corrected chi connectivity index (χ4v) is 3.88. The van der Waals surface area contributed by atoms with E-state index in [4.69, 9.17) is 34.1 Å². The van der Waals surface area contributed by atoms with E-state index in [0.29, 0.717) is 14.2 Å². The third-order valence-electron chi connectivity index (χ3n) is 3.37. The predicted molar refractivity (Wildman–Crippen MR) is 81.0 cm³/mol. The molecule has 20 heavy (non-hydrogen) atoms. The second-order valence-electron chi connectivity index (χ2n) is 4.70. The lowest BCUT2D eigenvalue weighted by Gasteiger charge is -2.28. The average molecular weight is 336 g/mol. The normalized spacial score (nSPS) is 16.6. The Bertz CT molecular complexity index is 527. The van der Waals surface area contributed by atoms with Gasteiger partial charge in [-0.15, -0.1) is 11.3 Å². The van der Waals surface area contributed by atoms with Gasteiger partial charge in [0.2, 0.25) is 0 Å². The Hall–Kier alpha value is -0.980. The monoisotopic (exact) mass is 335 g/mol. The molecule has 0 aromatic carbocycles. The van der Waals surface area contributed by atoms with Crippen molar-refractivity contribution in [1.82, 2.24) is 4.90 Å².